The number of sulfonamides is 1. The number of H-pyrrole nitrogens is 1. The highest BCUT2D eigenvalue weighted by molar-refractivity contribution is 9.10. The lowest BCUT2D eigenvalue weighted by Crippen LogP contribution is -2.16. The molecule has 1 aromatic heterocycles. The average molecular weight is 359 g/mol. The fraction of sp³-hybridized carbons (Fsp3) is 0.250. The number of aromatic nitrogens is 2. The molecule has 0 aliphatic rings. The number of benzene rings is 1. The van der Waals surface area contributed by atoms with Gasteiger partial charge >= 0.3 is 0 Å². The standard InChI is InChI=1S/C12H15BrN4O2S/c1-7-5-9(3-4-11(7)13)17-20(18,19)12-10(6-14)8(2)15-16-12/h3-5,17H,6,14H2,1-2H3,(H,15,16). The van der Waals surface area contributed by atoms with Crippen molar-refractivity contribution in [2.75, 3.05) is 4.72 Å². The first-order valence-electron chi connectivity index (χ1n) is 5.88. The van der Waals surface area contributed by atoms with Crippen molar-refractivity contribution in [2.45, 2.75) is 25.4 Å². The second-order valence-corrected chi connectivity index (χ2v) is 6.86. The van der Waals surface area contributed by atoms with Crippen LogP contribution in [0.3, 0.4) is 0 Å². The van der Waals surface area contributed by atoms with Gasteiger partial charge in [-0.2, -0.15) is 13.5 Å². The molecule has 1 heterocycles. The van der Waals surface area contributed by atoms with Crippen molar-refractivity contribution in [1.29, 1.82) is 0 Å². The number of hydrogen-bond acceptors (Lipinski definition) is 4. The van der Waals surface area contributed by atoms with Crippen LogP contribution in [0, 0.1) is 13.8 Å². The predicted molar refractivity (Wildman–Crippen MR) is 80.9 cm³/mol. The molecular formula is C12H15BrN4O2S. The summed E-state index contributed by atoms with van der Waals surface area (Å²) in [6, 6.07) is 5.20. The number of nitrogens with two attached hydrogens (primary N) is 1. The van der Waals surface area contributed by atoms with Crippen LogP contribution in [0.4, 0.5) is 5.69 Å². The van der Waals surface area contributed by atoms with E-state index in [2.05, 4.69) is 30.8 Å². The van der Waals surface area contributed by atoms with Crippen LogP contribution in [0.15, 0.2) is 27.7 Å². The van der Waals surface area contributed by atoms with E-state index in [1.807, 2.05) is 6.92 Å². The third kappa shape index (κ3) is 2.87. The Bertz CT molecular complexity index is 740. The molecule has 0 aliphatic heterocycles. The Kier molecular flexibility index (Phi) is 4.17. The van der Waals surface area contributed by atoms with Crippen molar-refractivity contribution in [1.82, 2.24) is 10.2 Å². The second kappa shape index (κ2) is 5.55. The Balaban J connectivity index is 2.38. The largest absolute Gasteiger partial charge is 0.326 e. The molecule has 0 saturated carbocycles. The number of anilines is 1. The second-order valence-electron chi connectivity index (χ2n) is 4.41. The van der Waals surface area contributed by atoms with Gasteiger partial charge in [0, 0.05) is 28.0 Å². The van der Waals surface area contributed by atoms with Gasteiger partial charge in [-0.25, -0.2) is 0 Å². The van der Waals surface area contributed by atoms with Gasteiger partial charge in [0.25, 0.3) is 10.0 Å². The lowest BCUT2D eigenvalue weighted by atomic mass is 10.2. The minimum Gasteiger partial charge on any atom is -0.326 e. The highest BCUT2D eigenvalue weighted by Crippen LogP contribution is 2.23. The van der Waals surface area contributed by atoms with Crippen molar-refractivity contribution in [3.05, 3.63) is 39.5 Å². The maximum Gasteiger partial charge on any atom is 0.281 e. The van der Waals surface area contributed by atoms with E-state index in [0.717, 1.165) is 10.0 Å². The summed E-state index contributed by atoms with van der Waals surface area (Å²) in [5, 5.41) is 6.42. The van der Waals surface area contributed by atoms with E-state index in [1.165, 1.54) is 0 Å². The maximum absolute atomic E-state index is 12.3. The van der Waals surface area contributed by atoms with Crippen LogP contribution >= 0.6 is 15.9 Å². The fourth-order valence-corrected chi connectivity index (χ4v) is 3.31. The zero-order valence-corrected chi connectivity index (χ0v) is 13.5. The number of hydrogen-bond donors (Lipinski definition) is 3. The van der Waals surface area contributed by atoms with Gasteiger partial charge in [0.1, 0.15) is 0 Å². The lowest BCUT2D eigenvalue weighted by molar-refractivity contribution is 0.596. The molecule has 2 aromatic rings. The molecule has 4 N–H and O–H groups in total. The first kappa shape index (κ1) is 15.0. The summed E-state index contributed by atoms with van der Waals surface area (Å²) in [6.07, 6.45) is 0. The van der Waals surface area contributed by atoms with Gasteiger partial charge in [-0.1, -0.05) is 15.9 Å². The molecule has 0 atom stereocenters. The van der Waals surface area contributed by atoms with E-state index in [9.17, 15) is 8.42 Å². The van der Waals surface area contributed by atoms with Crippen LogP contribution in [0.1, 0.15) is 16.8 Å². The highest BCUT2D eigenvalue weighted by Gasteiger charge is 2.23. The summed E-state index contributed by atoms with van der Waals surface area (Å²) in [5.74, 6) is 0. The molecule has 0 fully saturated rings. The molecular weight excluding hydrogens is 344 g/mol. The molecule has 0 unspecified atom stereocenters. The molecule has 0 spiro atoms. The van der Waals surface area contributed by atoms with Gasteiger partial charge in [0.05, 0.1) is 0 Å². The monoisotopic (exact) mass is 358 g/mol. The molecule has 1 aromatic carbocycles. The topological polar surface area (TPSA) is 101 Å². The quantitative estimate of drug-likeness (QED) is 0.778. The van der Waals surface area contributed by atoms with Crippen molar-refractivity contribution in [3.8, 4) is 0 Å². The molecule has 2 rings (SSSR count). The van der Waals surface area contributed by atoms with Crippen molar-refractivity contribution >= 4 is 31.6 Å². The van der Waals surface area contributed by atoms with E-state index in [-0.39, 0.29) is 11.6 Å². The minimum atomic E-state index is -3.75. The fourth-order valence-electron chi connectivity index (χ4n) is 1.80. The number of aryl methyl sites for hydroxylation is 2. The Morgan fingerprint density at radius 3 is 2.70 bits per heavy atom. The number of rotatable bonds is 4. The van der Waals surface area contributed by atoms with Gasteiger partial charge in [-0.15, -0.1) is 0 Å². The number of halogens is 1. The molecule has 0 aliphatic carbocycles. The normalized spacial score (nSPS) is 11.6. The van der Waals surface area contributed by atoms with E-state index >= 15 is 0 Å². The molecule has 6 nitrogen and oxygen atoms in total. The molecule has 0 bridgehead atoms. The Hall–Kier alpha value is -1.38. The highest BCUT2D eigenvalue weighted by atomic mass is 79.9. The van der Waals surface area contributed by atoms with Crippen molar-refractivity contribution < 1.29 is 8.42 Å². The van der Waals surface area contributed by atoms with Crippen LogP contribution in [0.2, 0.25) is 0 Å². The molecule has 108 valence electrons. The summed E-state index contributed by atoms with van der Waals surface area (Å²) < 4.78 is 28.1. The number of nitrogens with one attached hydrogen (secondary N) is 2. The van der Waals surface area contributed by atoms with Crippen molar-refractivity contribution in [3.63, 3.8) is 0 Å². The SMILES string of the molecule is Cc1cc(NS(=O)(=O)c2n[nH]c(C)c2CN)ccc1Br. The zero-order valence-electron chi connectivity index (χ0n) is 11.1. The maximum atomic E-state index is 12.3. The molecule has 8 heteroatoms. The summed E-state index contributed by atoms with van der Waals surface area (Å²) >= 11 is 3.37. The lowest BCUT2D eigenvalue weighted by Gasteiger charge is -2.08. The van der Waals surface area contributed by atoms with E-state index in [4.69, 9.17) is 5.73 Å². The van der Waals surface area contributed by atoms with Crippen LogP contribution in [0.5, 0.6) is 0 Å². The summed E-state index contributed by atoms with van der Waals surface area (Å²) in [4.78, 5) is 0. The van der Waals surface area contributed by atoms with Gasteiger partial charge in [0.2, 0.25) is 5.03 Å². The van der Waals surface area contributed by atoms with Crippen LogP contribution in [-0.2, 0) is 16.6 Å². The third-order valence-corrected chi connectivity index (χ3v) is 5.15. The smallest absolute Gasteiger partial charge is 0.281 e. The first-order chi connectivity index (χ1) is 9.35. The summed E-state index contributed by atoms with van der Waals surface area (Å²) in [7, 11) is -3.75. The van der Waals surface area contributed by atoms with E-state index in [0.29, 0.717) is 16.9 Å². The van der Waals surface area contributed by atoms with Gasteiger partial charge in [-0.05, 0) is 37.6 Å². The third-order valence-electron chi connectivity index (χ3n) is 2.90. The van der Waals surface area contributed by atoms with Gasteiger partial charge in [-0.3, -0.25) is 9.82 Å². The van der Waals surface area contributed by atoms with Gasteiger partial charge in [0.15, 0.2) is 0 Å². The zero-order chi connectivity index (χ0) is 14.9. The molecule has 0 saturated heterocycles. The Morgan fingerprint density at radius 1 is 1.40 bits per heavy atom. The van der Waals surface area contributed by atoms with Crippen LogP contribution in [-0.4, -0.2) is 18.6 Å². The molecule has 0 radical (unpaired) electrons. The summed E-state index contributed by atoms with van der Waals surface area (Å²) in [5.41, 5.74) is 8.13. The first-order valence-corrected chi connectivity index (χ1v) is 8.15. The number of nitrogens with zero attached hydrogens (tertiary/aromatic N) is 1. The summed E-state index contributed by atoms with van der Waals surface area (Å²) in [6.45, 7) is 3.72. The average Bonchev–Trinajstić information content (AvgIpc) is 2.75. The molecule has 20 heavy (non-hydrogen) atoms. The number of aromatic amines is 1. The Labute approximate surface area is 125 Å². The Morgan fingerprint density at radius 2 is 2.10 bits per heavy atom. The van der Waals surface area contributed by atoms with E-state index in [1.54, 1.807) is 25.1 Å². The van der Waals surface area contributed by atoms with Crippen LogP contribution < -0.4 is 10.5 Å². The van der Waals surface area contributed by atoms with Crippen molar-refractivity contribution in [2.24, 2.45) is 5.73 Å². The van der Waals surface area contributed by atoms with Crippen LogP contribution in [0.25, 0.3) is 0 Å². The van der Waals surface area contributed by atoms with E-state index < -0.39 is 10.0 Å². The minimum absolute atomic E-state index is 0.0573. The molecule has 0 amide bonds. The predicted octanol–water partition coefficient (Wildman–Crippen LogP) is 2.05. The van der Waals surface area contributed by atoms with Gasteiger partial charge < -0.3 is 5.73 Å².